The Morgan fingerprint density at radius 3 is 2.62 bits per heavy atom. The molecule has 2 spiro atoms. The van der Waals surface area contributed by atoms with Gasteiger partial charge in [-0.05, 0) is 37.1 Å². The Bertz CT molecular complexity index is 1390. The first kappa shape index (κ1) is 20.7. The van der Waals surface area contributed by atoms with Gasteiger partial charge in [-0.2, -0.15) is 0 Å². The van der Waals surface area contributed by atoms with E-state index in [0.717, 1.165) is 11.1 Å². The first-order valence-corrected chi connectivity index (χ1v) is 11.4. The van der Waals surface area contributed by atoms with Gasteiger partial charge in [0.2, 0.25) is 0 Å². The molecule has 3 atom stereocenters. The van der Waals surface area contributed by atoms with Crippen molar-refractivity contribution in [3.63, 3.8) is 0 Å². The van der Waals surface area contributed by atoms with E-state index >= 15 is 0 Å². The summed E-state index contributed by atoms with van der Waals surface area (Å²) < 4.78 is 0. The fourth-order valence-corrected chi connectivity index (χ4v) is 6.79. The highest BCUT2D eigenvalue weighted by Gasteiger charge is 2.73. The zero-order chi connectivity index (χ0) is 23.7. The van der Waals surface area contributed by atoms with Crippen LogP contribution in [-0.2, 0) is 16.8 Å². The molecule has 3 aromatic rings. The number of rotatable bonds is 2. The van der Waals surface area contributed by atoms with Gasteiger partial charge in [0.05, 0.1) is 10.3 Å². The van der Waals surface area contributed by atoms with E-state index in [1.807, 2.05) is 66.5 Å². The highest BCUT2D eigenvalue weighted by atomic mass is 16.6. The normalized spacial score (nSPS) is 27.6. The van der Waals surface area contributed by atoms with Crippen LogP contribution in [0.3, 0.4) is 0 Å². The number of amides is 1. The third-order valence-corrected chi connectivity index (χ3v) is 8.10. The van der Waals surface area contributed by atoms with Gasteiger partial charge >= 0.3 is 0 Å². The van der Waals surface area contributed by atoms with Gasteiger partial charge in [-0.1, -0.05) is 54.6 Å². The predicted octanol–water partition coefficient (Wildman–Crippen LogP) is 4.29. The van der Waals surface area contributed by atoms with Crippen LogP contribution in [0.25, 0.3) is 0 Å². The van der Waals surface area contributed by atoms with Crippen molar-refractivity contribution in [2.45, 2.75) is 24.3 Å². The van der Waals surface area contributed by atoms with Crippen molar-refractivity contribution < 1.29 is 14.5 Å². The molecule has 2 aliphatic heterocycles. The molecule has 0 bridgehead atoms. The second kappa shape index (κ2) is 7.08. The summed E-state index contributed by atoms with van der Waals surface area (Å²) in [6, 6.07) is 21.7. The van der Waals surface area contributed by atoms with E-state index < -0.39 is 21.8 Å². The Morgan fingerprint density at radius 2 is 1.79 bits per heavy atom. The quantitative estimate of drug-likeness (QED) is 0.462. The smallest absolute Gasteiger partial charge is 0.269 e. The first-order chi connectivity index (χ1) is 16.4. The molecule has 3 aromatic carbocycles. The molecule has 7 nitrogen and oxygen atoms in total. The van der Waals surface area contributed by atoms with E-state index in [1.165, 1.54) is 6.07 Å². The van der Waals surface area contributed by atoms with Crippen LogP contribution in [0.1, 0.15) is 39.4 Å². The molecule has 34 heavy (non-hydrogen) atoms. The van der Waals surface area contributed by atoms with Crippen molar-refractivity contribution >= 4 is 23.1 Å². The Kier molecular flexibility index (Phi) is 4.32. The lowest BCUT2D eigenvalue weighted by molar-refractivity contribution is -0.384. The summed E-state index contributed by atoms with van der Waals surface area (Å²) >= 11 is 0. The average molecular weight is 453 g/mol. The number of benzene rings is 3. The number of nitro groups is 1. The SMILES string of the molecule is CN1C[C@@H](c2cccc([N+](=O)[O-])c2)[C@@]2(CCc3ccccc3C2=O)[C@@]12C(=O)Nc1ccccc12. The number of ketones is 1. The Balaban J connectivity index is 1.66. The first-order valence-electron chi connectivity index (χ1n) is 11.4. The van der Waals surface area contributed by atoms with E-state index in [1.54, 1.807) is 12.1 Å². The van der Waals surface area contributed by atoms with Gasteiger partial charge < -0.3 is 5.32 Å². The number of hydrogen-bond acceptors (Lipinski definition) is 5. The number of non-ortho nitro benzene ring substituents is 1. The lowest BCUT2D eigenvalue weighted by Gasteiger charge is -2.48. The number of nitro benzene ring substituents is 1. The molecule has 1 fully saturated rings. The number of anilines is 1. The molecule has 1 N–H and O–H groups in total. The fraction of sp³-hybridized carbons (Fsp3) is 0.259. The number of carbonyl (C=O) groups is 2. The second-order valence-corrected chi connectivity index (χ2v) is 9.45. The maximum Gasteiger partial charge on any atom is 0.269 e. The molecular weight excluding hydrogens is 430 g/mol. The molecule has 0 saturated carbocycles. The zero-order valence-electron chi connectivity index (χ0n) is 18.7. The minimum Gasteiger partial charge on any atom is -0.324 e. The molecule has 1 aliphatic carbocycles. The van der Waals surface area contributed by atoms with E-state index in [9.17, 15) is 19.7 Å². The zero-order valence-corrected chi connectivity index (χ0v) is 18.7. The summed E-state index contributed by atoms with van der Waals surface area (Å²) in [4.78, 5) is 41.6. The molecule has 1 amide bonds. The average Bonchev–Trinajstić information content (AvgIpc) is 3.30. The van der Waals surface area contributed by atoms with Crippen LogP contribution < -0.4 is 5.32 Å². The number of Topliss-reactive ketones (excluding diaryl/α,β-unsaturated/α-hetero) is 1. The molecule has 7 heteroatoms. The standard InChI is InChI=1S/C27H23N3O4/c1-29-16-22(18-8-6-9-19(15-18)30(33)34)26(14-13-17-7-2-3-10-20(17)24(26)31)27(29)21-11-4-5-12-23(21)28-25(27)32/h2-12,15,22H,13-14,16H2,1H3,(H,28,32)/t22-,26+,27+/m0/s1. The number of carbonyl (C=O) groups excluding carboxylic acids is 2. The third-order valence-electron chi connectivity index (χ3n) is 8.10. The number of fused-ring (bicyclic) bond motifs is 4. The Morgan fingerprint density at radius 1 is 1.03 bits per heavy atom. The molecule has 2 heterocycles. The Hall–Kier alpha value is -3.84. The molecule has 6 rings (SSSR count). The Labute approximate surface area is 196 Å². The highest BCUT2D eigenvalue weighted by Crippen LogP contribution is 2.66. The lowest BCUT2D eigenvalue weighted by Crippen LogP contribution is -2.60. The maximum absolute atomic E-state index is 14.6. The number of likely N-dealkylation sites (N-methyl/N-ethyl adjacent to an activating group) is 1. The third kappa shape index (κ3) is 2.39. The largest absolute Gasteiger partial charge is 0.324 e. The summed E-state index contributed by atoms with van der Waals surface area (Å²) in [7, 11) is 1.88. The summed E-state index contributed by atoms with van der Waals surface area (Å²) in [5, 5.41) is 14.6. The van der Waals surface area contributed by atoms with Crippen LogP contribution in [0.2, 0.25) is 0 Å². The van der Waals surface area contributed by atoms with E-state index in [2.05, 4.69) is 5.32 Å². The minimum absolute atomic E-state index is 0.0174. The number of aryl methyl sites for hydroxylation is 1. The summed E-state index contributed by atoms with van der Waals surface area (Å²) in [5.74, 6) is -0.672. The molecule has 1 saturated heterocycles. The fourth-order valence-electron chi connectivity index (χ4n) is 6.79. The van der Waals surface area contributed by atoms with Crippen LogP contribution in [0, 0.1) is 15.5 Å². The van der Waals surface area contributed by atoms with Gasteiger partial charge in [0.15, 0.2) is 5.78 Å². The summed E-state index contributed by atoms with van der Waals surface area (Å²) in [6.07, 6.45) is 1.13. The van der Waals surface area contributed by atoms with Crippen molar-refractivity contribution in [1.82, 2.24) is 4.90 Å². The highest BCUT2D eigenvalue weighted by molar-refractivity contribution is 6.15. The second-order valence-electron chi connectivity index (χ2n) is 9.45. The topological polar surface area (TPSA) is 92.5 Å². The molecular formula is C27H23N3O4. The summed E-state index contributed by atoms with van der Waals surface area (Å²) in [5.41, 5.74) is 1.50. The monoisotopic (exact) mass is 453 g/mol. The number of para-hydroxylation sites is 1. The van der Waals surface area contributed by atoms with Crippen LogP contribution >= 0.6 is 0 Å². The summed E-state index contributed by atoms with van der Waals surface area (Å²) in [6.45, 7) is 0.427. The van der Waals surface area contributed by atoms with E-state index in [0.29, 0.717) is 36.2 Å². The molecule has 0 unspecified atom stereocenters. The van der Waals surface area contributed by atoms with Gasteiger partial charge in [0.25, 0.3) is 11.6 Å². The predicted molar refractivity (Wildman–Crippen MR) is 127 cm³/mol. The van der Waals surface area contributed by atoms with Crippen molar-refractivity contribution in [3.8, 4) is 0 Å². The minimum atomic E-state index is -1.20. The number of nitrogens with zero attached hydrogens (tertiary/aromatic N) is 2. The van der Waals surface area contributed by atoms with Crippen LogP contribution in [0.4, 0.5) is 11.4 Å². The lowest BCUT2D eigenvalue weighted by atomic mass is 9.53. The number of hydrogen-bond donors (Lipinski definition) is 1. The van der Waals surface area contributed by atoms with Crippen molar-refractivity contribution in [3.05, 3.63) is 105 Å². The van der Waals surface area contributed by atoms with Crippen LogP contribution in [0.15, 0.2) is 72.8 Å². The van der Waals surface area contributed by atoms with Crippen molar-refractivity contribution in [2.75, 3.05) is 18.9 Å². The van der Waals surface area contributed by atoms with Crippen molar-refractivity contribution in [1.29, 1.82) is 0 Å². The van der Waals surface area contributed by atoms with Gasteiger partial charge in [0, 0.05) is 41.4 Å². The molecule has 0 radical (unpaired) electrons. The maximum atomic E-state index is 14.6. The van der Waals surface area contributed by atoms with E-state index in [4.69, 9.17) is 0 Å². The number of likely N-dealkylation sites (tertiary alicyclic amines) is 1. The van der Waals surface area contributed by atoms with Crippen LogP contribution in [-0.4, -0.2) is 35.1 Å². The molecule has 170 valence electrons. The van der Waals surface area contributed by atoms with Gasteiger partial charge in [-0.3, -0.25) is 24.6 Å². The van der Waals surface area contributed by atoms with Crippen LogP contribution in [0.5, 0.6) is 0 Å². The molecule has 3 aliphatic rings. The van der Waals surface area contributed by atoms with E-state index in [-0.39, 0.29) is 17.4 Å². The van der Waals surface area contributed by atoms with Crippen molar-refractivity contribution in [2.24, 2.45) is 5.41 Å². The number of nitrogens with one attached hydrogen (secondary N) is 1. The van der Waals surface area contributed by atoms with Gasteiger partial charge in [0.1, 0.15) is 5.54 Å². The van der Waals surface area contributed by atoms with Gasteiger partial charge in [-0.25, -0.2) is 0 Å². The van der Waals surface area contributed by atoms with Gasteiger partial charge in [-0.15, -0.1) is 0 Å². The molecule has 0 aromatic heterocycles.